The minimum atomic E-state index is -0.615. The predicted octanol–water partition coefficient (Wildman–Crippen LogP) is 1.43. The normalized spacial score (nSPS) is 22.8. The molecule has 0 aliphatic carbocycles. The fourth-order valence-electron chi connectivity index (χ4n) is 2.62. The number of carbonyl (C=O) groups is 1. The molecule has 6 heteroatoms. The summed E-state index contributed by atoms with van der Waals surface area (Å²) in [5, 5.41) is 4.03. The lowest BCUT2D eigenvalue weighted by Gasteiger charge is -2.32. The van der Waals surface area contributed by atoms with Gasteiger partial charge in [0.2, 0.25) is 11.7 Å². The molecule has 0 spiro atoms. The van der Waals surface area contributed by atoms with Crippen LogP contribution in [0, 0.1) is 5.82 Å². The Labute approximate surface area is 105 Å². The molecule has 0 saturated carbocycles. The van der Waals surface area contributed by atoms with Gasteiger partial charge in [0.05, 0.1) is 6.54 Å². The number of halogens is 1. The van der Waals surface area contributed by atoms with Gasteiger partial charge in [-0.25, -0.2) is 4.68 Å². The highest BCUT2D eigenvalue weighted by molar-refractivity contribution is 5.93. The van der Waals surface area contributed by atoms with Crippen LogP contribution in [0.4, 0.5) is 4.39 Å². The van der Waals surface area contributed by atoms with Crippen LogP contribution >= 0.6 is 0 Å². The van der Waals surface area contributed by atoms with E-state index in [1.165, 1.54) is 4.68 Å². The molecule has 0 bridgehead atoms. The minimum absolute atomic E-state index is 0.0987. The first-order valence-electron chi connectivity index (χ1n) is 6.38. The molecule has 0 aromatic carbocycles. The number of aromatic nitrogens is 2. The minimum Gasteiger partial charge on any atom is -0.474 e. The van der Waals surface area contributed by atoms with Gasteiger partial charge < -0.3 is 9.64 Å². The third-order valence-corrected chi connectivity index (χ3v) is 3.66. The Morgan fingerprint density at radius 3 is 3.00 bits per heavy atom. The number of carbonyl (C=O) groups excluding carboxylic acids is 1. The smallest absolute Gasteiger partial charge is 0.277 e. The largest absolute Gasteiger partial charge is 0.474 e. The molecule has 0 N–H and O–H groups in total. The van der Waals surface area contributed by atoms with Crippen LogP contribution in [0.1, 0.15) is 36.7 Å². The highest BCUT2D eigenvalue weighted by atomic mass is 19.1. The van der Waals surface area contributed by atoms with Gasteiger partial charge in [0.15, 0.2) is 5.69 Å². The van der Waals surface area contributed by atoms with Gasteiger partial charge in [-0.3, -0.25) is 4.79 Å². The van der Waals surface area contributed by atoms with Gasteiger partial charge in [0.1, 0.15) is 6.61 Å². The first kappa shape index (κ1) is 11.5. The molecule has 1 saturated heterocycles. The van der Waals surface area contributed by atoms with E-state index >= 15 is 0 Å². The number of piperidine rings is 1. The summed E-state index contributed by atoms with van der Waals surface area (Å²) in [6.45, 7) is 3.61. The molecule has 18 heavy (non-hydrogen) atoms. The highest BCUT2D eigenvalue weighted by Gasteiger charge is 2.32. The summed E-state index contributed by atoms with van der Waals surface area (Å²) in [6.07, 6.45) is 3.06. The number of ether oxygens (including phenoxy) is 1. The monoisotopic (exact) mass is 253 g/mol. The third-order valence-electron chi connectivity index (χ3n) is 3.66. The Morgan fingerprint density at radius 2 is 2.28 bits per heavy atom. The van der Waals surface area contributed by atoms with E-state index in [-0.39, 0.29) is 23.5 Å². The van der Waals surface area contributed by atoms with Crippen molar-refractivity contribution in [3.8, 4) is 5.88 Å². The van der Waals surface area contributed by atoms with Gasteiger partial charge in [-0.2, -0.15) is 9.49 Å². The molecule has 98 valence electrons. The van der Waals surface area contributed by atoms with Crippen molar-refractivity contribution in [1.29, 1.82) is 0 Å². The first-order chi connectivity index (χ1) is 8.68. The van der Waals surface area contributed by atoms with Gasteiger partial charge in [-0.1, -0.05) is 0 Å². The zero-order valence-corrected chi connectivity index (χ0v) is 10.4. The lowest BCUT2D eigenvalue weighted by Crippen LogP contribution is -2.42. The molecule has 2 aliphatic rings. The molecule has 1 unspecified atom stereocenters. The number of likely N-dealkylation sites (tertiary alicyclic amines) is 1. The van der Waals surface area contributed by atoms with Crippen LogP contribution in [0.5, 0.6) is 5.88 Å². The van der Waals surface area contributed by atoms with Gasteiger partial charge >= 0.3 is 0 Å². The molecule has 1 atom stereocenters. The lowest BCUT2D eigenvalue weighted by atomic mass is 10.0. The molecule has 2 aliphatic heterocycles. The molecule has 3 rings (SSSR count). The van der Waals surface area contributed by atoms with E-state index in [0.29, 0.717) is 19.7 Å². The maximum absolute atomic E-state index is 14.0. The van der Waals surface area contributed by atoms with Crippen LogP contribution in [0.3, 0.4) is 0 Å². The van der Waals surface area contributed by atoms with E-state index in [9.17, 15) is 9.18 Å². The molecular formula is C12H16FN3O2. The molecule has 1 amide bonds. The molecule has 0 radical (unpaired) electrons. The van der Waals surface area contributed by atoms with Crippen molar-refractivity contribution in [2.45, 2.75) is 38.8 Å². The quantitative estimate of drug-likeness (QED) is 0.760. The second kappa shape index (κ2) is 4.26. The molecule has 3 heterocycles. The number of amides is 1. The Kier molecular flexibility index (Phi) is 2.72. The summed E-state index contributed by atoms with van der Waals surface area (Å²) < 4.78 is 20.6. The highest BCUT2D eigenvalue weighted by Crippen LogP contribution is 2.27. The van der Waals surface area contributed by atoms with Crippen LogP contribution in [0.15, 0.2) is 0 Å². The first-order valence-corrected chi connectivity index (χ1v) is 6.38. The second-order valence-corrected chi connectivity index (χ2v) is 4.88. The Morgan fingerprint density at radius 1 is 1.44 bits per heavy atom. The second-order valence-electron chi connectivity index (χ2n) is 4.88. The van der Waals surface area contributed by atoms with Crippen LogP contribution in [-0.4, -0.2) is 39.8 Å². The van der Waals surface area contributed by atoms with Crippen molar-refractivity contribution in [3.05, 3.63) is 11.5 Å². The van der Waals surface area contributed by atoms with Crippen molar-refractivity contribution >= 4 is 5.91 Å². The molecule has 1 fully saturated rings. The maximum Gasteiger partial charge on any atom is 0.277 e. The topological polar surface area (TPSA) is 47.4 Å². The van der Waals surface area contributed by atoms with E-state index in [4.69, 9.17) is 4.74 Å². The average Bonchev–Trinajstić information content (AvgIpc) is 2.93. The fourth-order valence-corrected chi connectivity index (χ4v) is 2.62. The molecule has 5 nitrogen and oxygen atoms in total. The van der Waals surface area contributed by atoms with Crippen molar-refractivity contribution in [1.82, 2.24) is 14.7 Å². The number of fused-ring (bicyclic) bond motifs is 1. The summed E-state index contributed by atoms with van der Waals surface area (Å²) in [7, 11) is 0. The van der Waals surface area contributed by atoms with E-state index in [2.05, 4.69) is 5.10 Å². The maximum atomic E-state index is 14.0. The third kappa shape index (κ3) is 1.67. The number of rotatable bonds is 1. The van der Waals surface area contributed by atoms with Gasteiger partial charge in [-0.05, 0) is 26.2 Å². The van der Waals surface area contributed by atoms with Crippen LogP contribution in [0.25, 0.3) is 0 Å². The zero-order chi connectivity index (χ0) is 12.7. The Balaban J connectivity index is 1.88. The summed E-state index contributed by atoms with van der Waals surface area (Å²) in [4.78, 5) is 14.0. The number of hydrogen-bond acceptors (Lipinski definition) is 3. The van der Waals surface area contributed by atoms with E-state index in [1.807, 2.05) is 6.92 Å². The van der Waals surface area contributed by atoms with Gasteiger partial charge in [0.25, 0.3) is 5.91 Å². The summed E-state index contributed by atoms with van der Waals surface area (Å²) in [5.41, 5.74) is -0.0987. The van der Waals surface area contributed by atoms with Gasteiger partial charge in [0, 0.05) is 12.6 Å². The Hall–Kier alpha value is -1.59. The molecule has 1 aromatic rings. The standard InChI is InChI=1S/C12H16FN3O2/c1-8-4-2-3-5-15(8)11(17)10-9(13)12-16(14-10)6-7-18-12/h8H,2-7H2,1H3. The van der Waals surface area contributed by atoms with Crippen LogP contribution < -0.4 is 4.74 Å². The van der Waals surface area contributed by atoms with Crippen molar-refractivity contribution in [2.75, 3.05) is 13.2 Å². The Bertz CT molecular complexity index is 486. The van der Waals surface area contributed by atoms with E-state index < -0.39 is 5.82 Å². The molecule has 1 aromatic heterocycles. The summed E-state index contributed by atoms with van der Waals surface area (Å²) in [5.74, 6) is -0.830. The van der Waals surface area contributed by atoms with Crippen molar-refractivity contribution in [2.24, 2.45) is 0 Å². The summed E-state index contributed by atoms with van der Waals surface area (Å²) >= 11 is 0. The van der Waals surface area contributed by atoms with Crippen LogP contribution in [-0.2, 0) is 6.54 Å². The van der Waals surface area contributed by atoms with E-state index in [1.54, 1.807) is 4.90 Å². The predicted molar refractivity (Wildman–Crippen MR) is 62.0 cm³/mol. The summed E-state index contributed by atoms with van der Waals surface area (Å²) in [6, 6.07) is 0.156. The number of hydrogen-bond donors (Lipinski definition) is 0. The van der Waals surface area contributed by atoms with Crippen molar-refractivity contribution in [3.63, 3.8) is 0 Å². The SMILES string of the molecule is CC1CCCCN1C(=O)c1nn2c(c1F)OCC2. The fraction of sp³-hybridized carbons (Fsp3) is 0.667. The van der Waals surface area contributed by atoms with Gasteiger partial charge in [-0.15, -0.1) is 0 Å². The average molecular weight is 253 g/mol. The molecular weight excluding hydrogens is 237 g/mol. The zero-order valence-electron chi connectivity index (χ0n) is 10.4. The van der Waals surface area contributed by atoms with Crippen molar-refractivity contribution < 1.29 is 13.9 Å². The van der Waals surface area contributed by atoms with Crippen LogP contribution in [0.2, 0.25) is 0 Å². The van der Waals surface area contributed by atoms with E-state index in [0.717, 1.165) is 19.3 Å². The lowest BCUT2D eigenvalue weighted by molar-refractivity contribution is 0.0623. The number of nitrogens with zero attached hydrogens (tertiary/aromatic N) is 3.